The van der Waals surface area contributed by atoms with E-state index in [0.29, 0.717) is 23.0 Å². The van der Waals surface area contributed by atoms with Gasteiger partial charge in [-0.2, -0.15) is 0 Å². The smallest absolute Gasteiger partial charge is 0.744 e. The van der Waals surface area contributed by atoms with Crippen LogP contribution in [-0.4, -0.2) is 63.7 Å². The van der Waals surface area contributed by atoms with Crippen LogP contribution < -0.4 is 9.47 Å². The molecule has 0 radical (unpaired) electrons. The molecule has 4 aromatic carbocycles. The Hall–Kier alpha value is -2.44. The van der Waals surface area contributed by atoms with Crippen LogP contribution in [-0.2, 0) is 33.1 Å². The fraction of sp³-hybridized carbons (Fsp3) is 0.538. The topological polar surface area (TPSA) is 133 Å². The summed E-state index contributed by atoms with van der Waals surface area (Å²) in [5, 5.41) is 0. The molecule has 0 saturated heterocycles. The molecule has 0 aliphatic heterocycles. The summed E-state index contributed by atoms with van der Waals surface area (Å²) in [5.41, 5.74) is 2.60. The summed E-state index contributed by atoms with van der Waals surface area (Å²) in [6, 6.07) is 27.0. The van der Waals surface area contributed by atoms with Gasteiger partial charge in [-0.05, 0) is 110 Å². The van der Waals surface area contributed by atoms with E-state index in [0.717, 1.165) is 12.8 Å². The summed E-state index contributed by atoms with van der Waals surface area (Å²) in [5.74, 6) is 2.38. The average Bonchev–Trinajstić information content (AvgIpc) is 3.25. The number of unbranched alkanes of at least 4 members (excludes halogenated alkanes) is 22. The summed E-state index contributed by atoms with van der Waals surface area (Å²) < 4.78 is 77.3. The molecule has 8 nitrogen and oxygen atoms in total. The standard InChI is InChI=1S/2C26H38O4S.Ca/c2*1-2-3-4-5-6-7-8-9-10-11-12-13-14-23-15-17-24(18-16-23)30-25-19-21-26(22-20-25)31(27,28)29;/h2*15-22H,2-14H2,1H3,(H,27,28,29);/q;;+2/p-2. The molecule has 0 saturated carbocycles. The second-order valence-electron chi connectivity index (χ2n) is 16.6. The van der Waals surface area contributed by atoms with E-state index in [4.69, 9.17) is 9.47 Å². The van der Waals surface area contributed by atoms with Crippen LogP contribution in [0, 0.1) is 0 Å². The van der Waals surface area contributed by atoms with Crippen molar-refractivity contribution in [3.05, 3.63) is 108 Å². The van der Waals surface area contributed by atoms with E-state index in [2.05, 4.69) is 38.1 Å². The number of hydrogen-bond donors (Lipinski definition) is 0. The molecular weight excluding hydrogens is 857 g/mol. The van der Waals surface area contributed by atoms with Gasteiger partial charge in [-0.3, -0.25) is 0 Å². The van der Waals surface area contributed by atoms with Gasteiger partial charge in [0.15, 0.2) is 0 Å². The number of aryl methyl sites for hydroxylation is 2. The molecular formula is C52H74CaO8S2. The SMILES string of the molecule is CCCCCCCCCCCCCCc1ccc(Oc2ccc(S(=O)(=O)[O-])cc2)cc1.CCCCCCCCCCCCCCc1ccc(Oc2ccc(S(=O)(=O)[O-])cc2)cc1.[Ca+2]. The Balaban J connectivity index is 0.000000427. The van der Waals surface area contributed by atoms with Gasteiger partial charge in [0.05, 0.1) is 9.79 Å². The van der Waals surface area contributed by atoms with Gasteiger partial charge in [0, 0.05) is 0 Å². The second kappa shape index (κ2) is 34.0. The van der Waals surface area contributed by atoms with Gasteiger partial charge >= 0.3 is 37.7 Å². The Labute approximate surface area is 411 Å². The Bertz CT molecular complexity index is 1810. The molecule has 344 valence electrons. The monoisotopic (exact) mass is 930 g/mol. The van der Waals surface area contributed by atoms with Gasteiger partial charge in [-0.15, -0.1) is 0 Å². The van der Waals surface area contributed by atoms with E-state index in [-0.39, 0.29) is 47.5 Å². The third-order valence-electron chi connectivity index (χ3n) is 11.2. The Morgan fingerprint density at radius 1 is 0.333 bits per heavy atom. The normalized spacial score (nSPS) is 11.4. The van der Waals surface area contributed by atoms with Crippen molar-refractivity contribution in [1.82, 2.24) is 0 Å². The molecule has 0 aliphatic rings. The first-order valence-corrected chi connectivity index (χ1v) is 26.4. The Morgan fingerprint density at radius 2 is 0.540 bits per heavy atom. The van der Waals surface area contributed by atoms with Crippen molar-refractivity contribution >= 4 is 58.0 Å². The largest absolute Gasteiger partial charge is 2.00 e. The van der Waals surface area contributed by atoms with Crippen molar-refractivity contribution in [1.29, 1.82) is 0 Å². The summed E-state index contributed by atoms with van der Waals surface area (Å²) in [6.07, 6.45) is 34.7. The fourth-order valence-corrected chi connectivity index (χ4v) is 8.35. The second-order valence-corrected chi connectivity index (χ2v) is 19.4. The predicted molar refractivity (Wildman–Crippen MR) is 257 cm³/mol. The molecule has 0 fully saturated rings. The van der Waals surface area contributed by atoms with Crippen molar-refractivity contribution in [2.75, 3.05) is 0 Å². The van der Waals surface area contributed by atoms with Crippen LogP contribution in [0.15, 0.2) is 107 Å². The maximum absolute atomic E-state index is 11.0. The van der Waals surface area contributed by atoms with Crippen LogP contribution >= 0.6 is 0 Å². The first kappa shape index (κ1) is 56.7. The molecule has 0 unspecified atom stereocenters. The Morgan fingerprint density at radius 3 is 0.762 bits per heavy atom. The van der Waals surface area contributed by atoms with Gasteiger partial charge in [0.1, 0.15) is 43.2 Å². The van der Waals surface area contributed by atoms with Crippen LogP contribution in [0.25, 0.3) is 0 Å². The van der Waals surface area contributed by atoms with E-state index in [1.165, 1.54) is 214 Å². The average molecular weight is 931 g/mol. The van der Waals surface area contributed by atoms with Gasteiger partial charge < -0.3 is 18.6 Å². The molecule has 0 amide bonds. The molecule has 0 bridgehead atoms. The molecule has 4 rings (SSSR count). The fourth-order valence-electron chi connectivity index (χ4n) is 7.41. The minimum absolute atomic E-state index is 0. The van der Waals surface area contributed by atoms with Crippen LogP contribution in [0.3, 0.4) is 0 Å². The third kappa shape index (κ3) is 27.0. The molecule has 0 spiro atoms. The first-order valence-electron chi connectivity index (χ1n) is 23.6. The first-order chi connectivity index (χ1) is 30.0. The van der Waals surface area contributed by atoms with Crippen molar-refractivity contribution in [3.63, 3.8) is 0 Å². The van der Waals surface area contributed by atoms with Crippen LogP contribution in [0.5, 0.6) is 23.0 Å². The number of benzene rings is 4. The van der Waals surface area contributed by atoms with Crippen molar-refractivity contribution < 1.29 is 35.4 Å². The molecule has 63 heavy (non-hydrogen) atoms. The van der Waals surface area contributed by atoms with Gasteiger partial charge in [0.2, 0.25) is 0 Å². The van der Waals surface area contributed by atoms with E-state index < -0.39 is 20.2 Å². The maximum Gasteiger partial charge on any atom is 2.00 e. The van der Waals surface area contributed by atoms with Crippen molar-refractivity contribution in [3.8, 4) is 23.0 Å². The summed E-state index contributed by atoms with van der Waals surface area (Å²) in [6.45, 7) is 4.53. The number of ether oxygens (including phenoxy) is 2. The van der Waals surface area contributed by atoms with Gasteiger partial charge in [-0.1, -0.05) is 179 Å². The zero-order valence-corrected chi connectivity index (χ0v) is 42.3. The number of rotatable bonds is 32. The zero-order chi connectivity index (χ0) is 44.7. The molecule has 0 aromatic heterocycles. The quantitative estimate of drug-likeness (QED) is 0.0269. The van der Waals surface area contributed by atoms with E-state index in [1.807, 2.05) is 24.3 Å². The van der Waals surface area contributed by atoms with Crippen LogP contribution in [0.1, 0.15) is 179 Å². The van der Waals surface area contributed by atoms with Crippen molar-refractivity contribution in [2.24, 2.45) is 0 Å². The third-order valence-corrected chi connectivity index (χ3v) is 12.9. The summed E-state index contributed by atoms with van der Waals surface area (Å²) in [4.78, 5) is -0.504. The van der Waals surface area contributed by atoms with Crippen molar-refractivity contribution in [2.45, 2.75) is 191 Å². The zero-order valence-electron chi connectivity index (χ0n) is 38.4. The van der Waals surface area contributed by atoms with E-state index in [1.54, 1.807) is 0 Å². The minimum atomic E-state index is -4.43. The Kier molecular flexibility index (Phi) is 30.6. The van der Waals surface area contributed by atoms with E-state index >= 15 is 0 Å². The molecule has 0 aliphatic carbocycles. The molecule has 0 atom stereocenters. The van der Waals surface area contributed by atoms with Crippen LogP contribution in [0.2, 0.25) is 0 Å². The summed E-state index contributed by atoms with van der Waals surface area (Å²) in [7, 11) is -8.85. The maximum atomic E-state index is 11.0. The summed E-state index contributed by atoms with van der Waals surface area (Å²) >= 11 is 0. The molecule has 0 heterocycles. The minimum Gasteiger partial charge on any atom is -0.744 e. The molecule has 11 heteroatoms. The molecule has 0 N–H and O–H groups in total. The number of hydrogen-bond acceptors (Lipinski definition) is 8. The van der Waals surface area contributed by atoms with Gasteiger partial charge in [0.25, 0.3) is 0 Å². The van der Waals surface area contributed by atoms with Crippen LogP contribution in [0.4, 0.5) is 0 Å². The van der Waals surface area contributed by atoms with Gasteiger partial charge in [-0.25, -0.2) is 16.8 Å². The molecule has 4 aromatic rings. The predicted octanol–water partition coefficient (Wildman–Crippen LogP) is 14.9. The van der Waals surface area contributed by atoms with E-state index in [9.17, 15) is 25.9 Å².